The summed E-state index contributed by atoms with van der Waals surface area (Å²) < 4.78 is 0. The van der Waals surface area contributed by atoms with Gasteiger partial charge in [0.1, 0.15) is 0 Å². The zero-order chi connectivity index (χ0) is 22.2. The number of benzene rings is 1. The summed E-state index contributed by atoms with van der Waals surface area (Å²) in [5, 5.41) is 9.32. The normalized spacial score (nSPS) is 25.3. The minimum Gasteiger partial charge on any atom is -0.379 e. The van der Waals surface area contributed by atoms with Crippen LogP contribution >= 0.6 is 35.0 Å². The zero-order valence-corrected chi connectivity index (χ0v) is 20.4. The molecule has 0 radical (unpaired) electrons. The monoisotopic (exact) mass is 484 g/mol. The van der Waals surface area contributed by atoms with Crippen molar-refractivity contribution in [1.29, 1.82) is 0 Å². The van der Waals surface area contributed by atoms with E-state index in [1.165, 1.54) is 24.8 Å². The van der Waals surface area contributed by atoms with E-state index in [-0.39, 0.29) is 6.04 Å². The maximum atomic E-state index is 6.29. The van der Waals surface area contributed by atoms with Gasteiger partial charge in [0.25, 0.3) is 0 Å². The smallest absolute Gasteiger partial charge is 0.188 e. The Morgan fingerprint density at radius 2 is 2.19 bits per heavy atom. The fourth-order valence-electron chi connectivity index (χ4n) is 4.34. The molecule has 2 aliphatic rings. The van der Waals surface area contributed by atoms with Crippen molar-refractivity contribution in [2.24, 2.45) is 21.5 Å². The number of nitrogens with two attached hydrogens (primary N) is 2. The van der Waals surface area contributed by atoms with Gasteiger partial charge in [-0.05, 0) is 63.3 Å². The molecular formula is C22H34Cl2N6S. The first-order valence-electron chi connectivity index (χ1n) is 11.2. The lowest BCUT2D eigenvalue weighted by Gasteiger charge is -2.32. The Bertz CT molecular complexity index is 781. The van der Waals surface area contributed by atoms with Crippen LogP contribution in [0.25, 0.3) is 0 Å². The minimum absolute atomic E-state index is 0.288. The fourth-order valence-corrected chi connectivity index (χ4v) is 5.72. The van der Waals surface area contributed by atoms with E-state index in [4.69, 9.17) is 34.7 Å². The molecule has 3 rings (SSSR count). The molecule has 0 saturated carbocycles. The Balaban J connectivity index is 1.46. The summed E-state index contributed by atoms with van der Waals surface area (Å²) in [6.07, 6.45) is 6.62. The second-order valence-corrected chi connectivity index (χ2v) is 10.4. The molecule has 6 N–H and O–H groups in total. The molecule has 0 spiro atoms. The number of guanidine groups is 1. The Labute approximate surface area is 200 Å². The average molecular weight is 486 g/mol. The highest BCUT2D eigenvalue weighted by molar-refractivity contribution is 8.14. The van der Waals surface area contributed by atoms with E-state index in [2.05, 4.69) is 33.6 Å². The van der Waals surface area contributed by atoms with E-state index in [9.17, 15) is 0 Å². The third kappa shape index (κ3) is 7.45. The van der Waals surface area contributed by atoms with Crippen LogP contribution < -0.4 is 22.1 Å². The maximum absolute atomic E-state index is 6.29. The molecule has 1 aromatic rings. The standard InChI is InChI=1S/C22H34Cl2N6S/c1-14-20(31-22(26)30-14)6-4-11-28-21(25)29-12-9-16(19-5-2-3-10-27-19)15-7-8-17(23)18(24)13-15/h7-8,13-14,16,19-20,27H,2-6,9-12H2,1H3,(H2,26,30)(H3,25,28,29). The lowest BCUT2D eigenvalue weighted by molar-refractivity contribution is 0.339. The number of halogens is 2. The molecule has 0 aromatic heterocycles. The second-order valence-electron chi connectivity index (χ2n) is 8.33. The van der Waals surface area contributed by atoms with Gasteiger partial charge in [0.15, 0.2) is 11.1 Å². The van der Waals surface area contributed by atoms with Gasteiger partial charge in [-0.3, -0.25) is 9.98 Å². The van der Waals surface area contributed by atoms with Crippen LogP contribution in [0.4, 0.5) is 0 Å². The molecule has 2 aliphatic heterocycles. The van der Waals surface area contributed by atoms with E-state index >= 15 is 0 Å². The van der Waals surface area contributed by atoms with Crippen molar-refractivity contribution in [2.75, 3.05) is 19.6 Å². The van der Waals surface area contributed by atoms with Gasteiger partial charge < -0.3 is 22.1 Å². The second kappa shape index (κ2) is 12.2. The van der Waals surface area contributed by atoms with Crippen molar-refractivity contribution in [3.05, 3.63) is 33.8 Å². The van der Waals surface area contributed by atoms with Crippen molar-refractivity contribution in [1.82, 2.24) is 10.6 Å². The highest BCUT2D eigenvalue weighted by atomic mass is 35.5. The number of nitrogens with one attached hydrogen (secondary N) is 2. The number of aliphatic imine (C=N–C) groups is 2. The minimum atomic E-state index is 0.288. The quantitative estimate of drug-likeness (QED) is 0.240. The predicted octanol–water partition coefficient (Wildman–Crippen LogP) is 4.11. The van der Waals surface area contributed by atoms with Crippen molar-refractivity contribution < 1.29 is 0 Å². The van der Waals surface area contributed by atoms with E-state index in [0.717, 1.165) is 32.4 Å². The topological polar surface area (TPSA) is 101 Å². The number of piperidine rings is 1. The molecule has 2 heterocycles. The number of rotatable bonds is 9. The summed E-state index contributed by atoms with van der Waals surface area (Å²) in [4.78, 5) is 8.87. The highest BCUT2D eigenvalue weighted by Crippen LogP contribution is 2.32. The van der Waals surface area contributed by atoms with E-state index in [0.29, 0.717) is 44.9 Å². The highest BCUT2D eigenvalue weighted by Gasteiger charge is 2.26. The van der Waals surface area contributed by atoms with Crippen LogP contribution in [0.1, 0.15) is 56.9 Å². The molecule has 0 bridgehead atoms. The summed E-state index contributed by atoms with van der Waals surface area (Å²) in [5.74, 6) is 0.856. The van der Waals surface area contributed by atoms with Crippen LogP contribution in [0.3, 0.4) is 0 Å². The molecule has 1 fully saturated rings. The Hall–Kier alpha value is -1.15. The lowest BCUT2D eigenvalue weighted by atomic mass is 9.84. The van der Waals surface area contributed by atoms with Crippen molar-refractivity contribution in [3.8, 4) is 0 Å². The first-order chi connectivity index (χ1) is 14.9. The maximum Gasteiger partial charge on any atom is 0.188 e. The van der Waals surface area contributed by atoms with Crippen LogP contribution in [0.5, 0.6) is 0 Å². The van der Waals surface area contributed by atoms with Gasteiger partial charge in [0.05, 0.1) is 16.1 Å². The molecule has 172 valence electrons. The van der Waals surface area contributed by atoms with Gasteiger partial charge in [-0.1, -0.05) is 47.5 Å². The van der Waals surface area contributed by atoms with Crippen LogP contribution in [0.15, 0.2) is 28.2 Å². The van der Waals surface area contributed by atoms with Gasteiger partial charge in [-0.25, -0.2) is 0 Å². The third-order valence-corrected chi connectivity index (χ3v) is 8.06. The van der Waals surface area contributed by atoms with Crippen LogP contribution in [-0.2, 0) is 0 Å². The van der Waals surface area contributed by atoms with Crippen LogP contribution in [0.2, 0.25) is 10.0 Å². The van der Waals surface area contributed by atoms with Gasteiger partial charge in [-0.15, -0.1) is 0 Å². The molecule has 31 heavy (non-hydrogen) atoms. The van der Waals surface area contributed by atoms with Crippen LogP contribution in [-0.4, -0.2) is 48.1 Å². The largest absolute Gasteiger partial charge is 0.379 e. The number of hydrogen-bond acceptors (Lipinski definition) is 5. The number of nitrogens with zero attached hydrogens (tertiary/aromatic N) is 2. The molecule has 6 nitrogen and oxygen atoms in total. The molecule has 4 unspecified atom stereocenters. The van der Waals surface area contributed by atoms with E-state index < -0.39 is 0 Å². The van der Waals surface area contributed by atoms with Crippen molar-refractivity contribution in [2.45, 2.75) is 68.7 Å². The molecule has 4 atom stereocenters. The average Bonchev–Trinajstić information content (AvgIpc) is 3.08. The lowest BCUT2D eigenvalue weighted by Crippen LogP contribution is -2.41. The summed E-state index contributed by atoms with van der Waals surface area (Å²) in [7, 11) is 0. The molecule has 0 amide bonds. The summed E-state index contributed by atoms with van der Waals surface area (Å²) >= 11 is 14.1. The van der Waals surface area contributed by atoms with E-state index in [1.54, 1.807) is 11.8 Å². The summed E-state index contributed by atoms with van der Waals surface area (Å²) in [6.45, 7) is 4.65. The molecular weight excluding hydrogens is 451 g/mol. The first kappa shape index (κ1) is 24.5. The number of thioether (sulfide) groups is 1. The zero-order valence-electron chi connectivity index (χ0n) is 18.1. The third-order valence-electron chi connectivity index (χ3n) is 6.04. The molecule has 9 heteroatoms. The number of hydrogen-bond donors (Lipinski definition) is 4. The Morgan fingerprint density at radius 1 is 1.35 bits per heavy atom. The molecule has 1 aromatic carbocycles. The predicted molar refractivity (Wildman–Crippen MR) is 136 cm³/mol. The van der Waals surface area contributed by atoms with Gasteiger partial charge in [0, 0.05) is 30.3 Å². The molecule has 1 saturated heterocycles. The SMILES string of the molecule is CC1N=C(N)SC1CCCN=C(N)NCCC(c1ccc(Cl)c(Cl)c1)C1CCCCN1. The van der Waals surface area contributed by atoms with Gasteiger partial charge in [0.2, 0.25) is 0 Å². The van der Waals surface area contributed by atoms with Crippen molar-refractivity contribution in [3.63, 3.8) is 0 Å². The van der Waals surface area contributed by atoms with E-state index in [1.807, 2.05) is 12.1 Å². The summed E-state index contributed by atoms with van der Waals surface area (Å²) in [5.41, 5.74) is 13.1. The van der Waals surface area contributed by atoms with Crippen molar-refractivity contribution >= 4 is 46.1 Å². The fraction of sp³-hybridized carbons (Fsp3) is 0.636. The van der Waals surface area contributed by atoms with Crippen LogP contribution in [0, 0.1) is 0 Å². The number of amidine groups is 1. The Kier molecular flexibility index (Phi) is 9.63. The van der Waals surface area contributed by atoms with Gasteiger partial charge >= 0.3 is 0 Å². The first-order valence-corrected chi connectivity index (χ1v) is 12.8. The van der Waals surface area contributed by atoms with Gasteiger partial charge in [-0.2, -0.15) is 0 Å². The summed E-state index contributed by atoms with van der Waals surface area (Å²) in [6, 6.07) is 6.70. The Morgan fingerprint density at radius 3 is 2.87 bits per heavy atom. The molecule has 0 aliphatic carbocycles.